The van der Waals surface area contributed by atoms with E-state index in [1.165, 1.54) is 16.7 Å². The van der Waals surface area contributed by atoms with E-state index in [2.05, 4.69) is 63.6 Å². The van der Waals surface area contributed by atoms with Crippen LogP contribution in [0.1, 0.15) is 22.7 Å². The summed E-state index contributed by atoms with van der Waals surface area (Å²) in [4.78, 5) is 2.29. The summed E-state index contributed by atoms with van der Waals surface area (Å²) in [5, 5.41) is 2.18. The molecule has 1 atom stereocenters. The lowest BCUT2D eigenvalue weighted by molar-refractivity contribution is 0.184. The highest BCUT2D eigenvalue weighted by Gasteiger charge is 2.16. The first kappa shape index (κ1) is 16.6. The molecule has 0 aliphatic rings. The molecule has 0 bridgehead atoms. The van der Waals surface area contributed by atoms with Crippen molar-refractivity contribution in [1.82, 2.24) is 4.90 Å². The van der Waals surface area contributed by atoms with Gasteiger partial charge in [-0.3, -0.25) is 4.90 Å². The fraction of sp³-hybridized carbons (Fsp3) is 0.375. The van der Waals surface area contributed by atoms with Gasteiger partial charge in [0.25, 0.3) is 0 Å². The Bertz CT molecular complexity index is 573. The maximum atomic E-state index is 6.01. The topological polar surface area (TPSA) is 38.5 Å². The fourth-order valence-corrected chi connectivity index (χ4v) is 3.65. The van der Waals surface area contributed by atoms with Crippen molar-refractivity contribution in [2.45, 2.75) is 19.2 Å². The lowest BCUT2D eigenvalue weighted by Crippen LogP contribution is -2.30. The van der Waals surface area contributed by atoms with Crippen LogP contribution in [0.25, 0.3) is 0 Å². The Morgan fingerprint density at radius 3 is 2.76 bits per heavy atom. The number of rotatable bonds is 7. The maximum Gasteiger partial charge on any atom is 0.0713 e. The van der Waals surface area contributed by atoms with E-state index in [0.717, 1.165) is 10.3 Å². The van der Waals surface area contributed by atoms with Gasteiger partial charge in [-0.25, -0.2) is 0 Å². The SMILES string of the molecule is COCc1cccc(C(CN)N(C)Cc2csc(Br)c2)c1. The molecular weight excluding hydrogens is 348 g/mol. The molecular formula is C16H21BrN2OS. The van der Waals surface area contributed by atoms with Crippen LogP contribution in [0.4, 0.5) is 0 Å². The monoisotopic (exact) mass is 368 g/mol. The van der Waals surface area contributed by atoms with E-state index >= 15 is 0 Å². The van der Waals surface area contributed by atoms with Crippen molar-refractivity contribution in [2.24, 2.45) is 5.73 Å². The van der Waals surface area contributed by atoms with Crippen molar-refractivity contribution in [2.75, 3.05) is 20.7 Å². The second kappa shape index (κ2) is 8.06. The third-order valence-corrected chi connectivity index (χ3v) is 5.01. The average molecular weight is 369 g/mol. The van der Waals surface area contributed by atoms with Crippen LogP contribution in [0.3, 0.4) is 0 Å². The van der Waals surface area contributed by atoms with Crippen LogP contribution in [-0.2, 0) is 17.9 Å². The van der Waals surface area contributed by atoms with Gasteiger partial charge < -0.3 is 10.5 Å². The highest BCUT2D eigenvalue weighted by atomic mass is 79.9. The van der Waals surface area contributed by atoms with Crippen molar-refractivity contribution in [3.63, 3.8) is 0 Å². The van der Waals surface area contributed by atoms with Crippen LogP contribution in [0.5, 0.6) is 0 Å². The van der Waals surface area contributed by atoms with Crippen LogP contribution in [-0.4, -0.2) is 25.6 Å². The van der Waals surface area contributed by atoms with Crippen molar-refractivity contribution in [3.05, 3.63) is 56.2 Å². The molecule has 2 N–H and O–H groups in total. The van der Waals surface area contributed by atoms with E-state index in [1.54, 1.807) is 18.4 Å². The van der Waals surface area contributed by atoms with Crippen molar-refractivity contribution in [3.8, 4) is 0 Å². The van der Waals surface area contributed by atoms with Gasteiger partial charge in [0, 0.05) is 26.2 Å². The molecule has 114 valence electrons. The Morgan fingerprint density at radius 2 is 2.14 bits per heavy atom. The lowest BCUT2D eigenvalue weighted by atomic mass is 10.0. The predicted octanol–water partition coefficient (Wildman–Crippen LogP) is 3.79. The molecule has 21 heavy (non-hydrogen) atoms. The van der Waals surface area contributed by atoms with Crippen LogP contribution in [0, 0.1) is 0 Å². The maximum absolute atomic E-state index is 6.01. The van der Waals surface area contributed by atoms with Crippen LogP contribution in [0.15, 0.2) is 39.5 Å². The molecule has 1 aromatic carbocycles. The number of benzene rings is 1. The molecule has 1 heterocycles. The number of thiophene rings is 1. The van der Waals surface area contributed by atoms with Gasteiger partial charge in [-0.05, 0) is 51.1 Å². The first-order chi connectivity index (χ1) is 10.1. The molecule has 0 aliphatic carbocycles. The van der Waals surface area contributed by atoms with Crippen molar-refractivity contribution >= 4 is 27.3 Å². The summed E-state index contributed by atoms with van der Waals surface area (Å²) in [7, 11) is 3.83. The number of likely N-dealkylation sites (N-methyl/N-ethyl adjacent to an activating group) is 1. The van der Waals surface area contributed by atoms with Gasteiger partial charge in [0.15, 0.2) is 0 Å². The van der Waals surface area contributed by atoms with Gasteiger partial charge in [-0.1, -0.05) is 24.3 Å². The Hall–Kier alpha value is -0.720. The van der Waals surface area contributed by atoms with E-state index < -0.39 is 0 Å². The number of halogens is 1. The summed E-state index contributed by atoms with van der Waals surface area (Å²) < 4.78 is 6.37. The standard InChI is InChI=1S/C16H21BrN2OS/c1-19(9-13-7-16(17)21-11-13)15(8-18)14-5-3-4-12(6-14)10-20-2/h3-7,11,15H,8-10,18H2,1-2H3. The number of hydrogen-bond donors (Lipinski definition) is 1. The van der Waals surface area contributed by atoms with Gasteiger partial charge in [-0.15, -0.1) is 11.3 Å². The number of hydrogen-bond acceptors (Lipinski definition) is 4. The van der Waals surface area contributed by atoms with Crippen molar-refractivity contribution in [1.29, 1.82) is 0 Å². The summed E-state index contributed by atoms with van der Waals surface area (Å²) in [6.07, 6.45) is 0. The minimum Gasteiger partial charge on any atom is -0.380 e. The first-order valence-corrected chi connectivity index (χ1v) is 8.52. The lowest BCUT2D eigenvalue weighted by Gasteiger charge is -2.27. The molecule has 1 aromatic heterocycles. The minimum atomic E-state index is 0.209. The van der Waals surface area contributed by atoms with Gasteiger partial charge in [0.1, 0.15) is 0 Å². The summed E-state index contributed by atoms with van der Waals surface area (Å²) >= 11 is 5.22. The second-order valence-electron chi connectivity index (χ2n) is 5.10. The summed E-state index contributed by atoms with van der Waals surface area (Å²) in [6.45, 7) is 2.11. The zero-order valence-electron chi connectivity index (χ0n) is 12.4. The summed E-state index contributed by atoms with van der Waals surface area (Å²) in [5.41, 5.74) is 9.74. The Morgan fingerprint density at radius 1 is 1.33 bits per heavy atom. The van der Waals surface area contributed by atoms with E-state index in [-0.39, 0.29) is 6.04 Å². The fourth-order valence-electron chi connectivity index (χ4n) is 2.45. The molecule has 0 fully saturated rings. The zero-order chi connectivity index (χ0) is 15.2. The van der Waals surface area contributed by atoms with Gasteiger partial charge in [0.05, 0.1) is 10.4 Å². The van der Waals surface area contributed by atoms with E-state index in [9.17, 15) is 0 Å². The molecule has 1 unspecified atom stereocenters. The molecule has 2 rings (SSSR count). The van der Waals surface area contributed by atoms with Gasteiger partial charge in [-0.2, -0.15) is 0 Å². The summed E-state index contributed by atoms with van der Waals surface area (Å²) in [6, 6.07) is 10.8. The third-order valence-electron chi connectivity index (χ3n) is 3.46. The van der Waals surface area contributed by atoms with E-state index in [1.807, 2.05) is 0 Å². The van der Waals surface area contributed by atoms with Crippen molar-refractivity contribution < 1.29 is 4.74 Å². The van der Waals surface area contributed by atoms with Gasteiger partial charge in [0.2, 0.25) is 0 Å². The third kappa shape index (κ3) is 4.63. The number of ether oxygens (including phenoxy) is 1. The Balaban J connectivity index is 2.12. The number of nitrogens with two attached hydrogens (primary N) is 1. The van der Waals surface area contributed by atoms with E-state index in [4.69, 9.17) is 10.5 Å². The molecule has 0 saturated carbocycles. The molecule has 5 heteroatoms. The van der Waals surface area contributed by atoms with Gasteiger partial charge >= 0.3 is 0 Å². The predicted molar refractivity (Wildman–Crippen MR) is 92.4 cm³/mol. The van der Waals surface area contributed by atoms with Crippen LogP contribution < -0.4 is 5.73 Å². The average Bonchev–Trinajstić information content (AvgIpc) is 2.86. The quantitative estimate of drug-likeness (QED) is 0.807. The first-order valence-electron chi connectivity index (χ1n) is 6.85. The molecule has 0 radical (unpaired) electrons. The molecule has 0 amide bonds. The number of nitrogens with zero attached hydrogens (tertiary/aromatic N) is 1. The zero-order valence-corrected chi connectivity index (χ0v) is 14.8. The summed E-state index contributed by atoms with van der Waals surface area (Å²) in [5.74, 6) is 0. The van der Waals surface area contributed by atoms with Crippen LogP contribution in [0.2, 0.25) is 0 Å². The highest BCUT2D eigenvalue weighted by molar-refractivity contribution is 9.11. The second-order valence-corrected chi connectivity index (χ2v) is 7.39. The molecule has 0 spiro atoms. The molecule has 3 nitrogen and oxygen atoms in total. The normalized spacial score (nSPS) is 12.8. The van der Waals surface area contributed by atoms with Crippen LogP contribution >= 0.6 is 27.3 Å². The number of methoxy groups -OCH3 is 1. The molecule has 0 saturated heterocycles. The smallest absolute Gasteiger partial charge is 0.0713 e. The highest BCUT2D eigenvalue weighted by Crippen LogP contribution is 2.25. The molecule has 0 aliphatic heterocycles. The van der Waals surface area contributed by atoms with E-state index in [0.29, 0.717) is 13.2 Å². The minimum absolute atomic E-state index is 0.209. The Kier molecular flexibility index (Phi) is 6.39. The molecule has 2 aromatic rings. The largest absolute Gasteiger partial charge is 0.380 e. The Labute approximate surface area is 138 Å².